The third kappa shape index (κ3) is 2.55. The molecule has 15 heavy (non-hydrogen) atoms. The first-order chi connectivity index (χ1) is 7.16. The van der Waals surface area contributed by atoms with E-state index in [9.17, 15) is 9.59 Å². The Bertz CT molecular complexity index is 387. The van der Waals surface area contributed by atoms with Gasteiger partial charge in [-0.2, -0.15) is 0 Å². The Labute approximate surface area is 101 Å². The number of ketones is 2. The Morgan fingerprint density at radius 2 is 2.00 bits per heavy atom. The van der Waals surface area contributed by atoms with Crippen LogP contribution in [0.25, 0.3) is 0 Å². The van der Waals surface area contributed by atoms with Crippen LogP contribution >= 0.6 is 27.3 Å². The van der Waals surface area contributed by atoms with Crippen molar-refractivity contribution in [3.8, 4) is 0 Å². The van der Waals surface area contributed by atoms with Crippen molar-refractivity contribution in [2.45, 2.75) is 25.7 Å². The van der Waals surface area contributed by atoms with Crippen molar-refractivity contribution in [1.82, 2.24) is 0 Å². The van der Waals surface area contributed by atoms with E-state index in [1.807, 2.05) is 12.1 Å². The average Bonchev–Trinajstić information content (AvgIpc) is 2.65. The lowest BCUT2D eigenvalue weighted by molar-refractivity contribution is -0.120. The minimum atomic E-state index is 0.0632. The SMILES string of the molecule is O=C1CCC(C(=O)c2ccc(Br)s2)CC1. The van der Waals surface area contributed by atoms with Gasteiger partial charge in [0.1, 0.15) is 5.78 Å². The van der Waals surface area contributed by atoms with Gasteiger partial charge >= 0.3 is 0 Å². The molecular weight excluding hydrogens is 276 g/mol. The molecule has 2 rings (SSSR count). The van der Waals surface area contributed by atoms with Gasteiger partial charge in [0.25, 0.3) is 0 Å². The van der Waals surface area contributed by atoms with E-state index in [2.05, 4.69) is 15.9 Å². The molecule has 0 aliphatic heterocycles. The number of hydrogen-bond acceptors (Lipinski definition) is 3. The van der Waals surface area contributed by atoms with E-state index >= 15 is 0 Å². The van der Waals surface area contributed by atoms with Crippen LogP contribution in [0, 0.1) is 5.92 Å². The number of halogens is 1. The van der Waals surface area contributed by atoms with Crippen molar-refractivity contribution in [2.24, 2.45) is 5.92 Å². The molecule has 0 unspecified atom stereocenters. The molecule has 0 saturated heterocycles. The van der Waals surface area contributed by atoms with Crippen LogP contribution in [-0.2, 0) is 4.79 Å². The van der Waals surface area contributed by atoms with Crippen molar-refractivity contribution >= 4 is 38.8 Å². The molecule has 1 aromatic heterocycles. The smallest absolute Gasteiger partial charge is 0.175 e. The molecule has 1 heterocycles. The van der Waals surface area contributed by atoms with Crippen molar-refractivity contribution in [3.63, 3.8) is 0 Å². The standard InChI is InChI=1S/C11H11BrO2S/c12-10-6-5-9(15-10)11(14)7-1-3-8(13)4-2-7/h5-7H,1-4H2. The molecule has 1 aromatic rings. The zero-order valence-corrected chi connectivity index (χ0v) is 10.6. The van der Waals surface area contributed by atoms with Crippen LogP contribution < -0.4 is 0 Å². The monoisotopic (exact) mass is 286 g/mol. The van der Waals surface area contributed by atoms with Crippen LogP contribution in [0.2, 0.25) is 0 Å². The van der Waals surface area contributed by atoms with Crippen molar-refractivity contribution in [2.75, 3.05) is 0 Å². The van der Waals surface area contributed by atoms with Gasteiger partial charge in [-0.05, 0) is 40.9 Å². The summed E-state index contributed by atoms with van der Waals surface area (Å²) in [7, 11) is 0. The number of carbonyl (C=O) groups excluding carboxylic acids is 2. The normalized spacial score (nSPS) is 18.1. The van der Waals surface area contributed by atoms with E-state index in [4.69, 9.17) is 0 Å². The molecule has 1 fully saturated rings. The Kier molecular flexibility index (Phi) is 3.36. The summed E-state index contributed by atoms with van der Waals surface area (Å²) in [4.78, 5) is 23.9. The van der Waals surface area contributed by atoms with Gasteiger partial charge in [0.15, 0.2) is 5.78 Å². The zero-order chi connectivity index (χ0) is 10.8. The van der Waals surface area contributed by atoms with Crippen LogP contribution in [-0.4, -0.2) is 11.6 Å². The Balaban J connectivity index is 2.05. The van der Waals surface area contributed by atoms with Gasteiger partial charge in [-0.1, -0.05) is 0 Å². The van der Waals surface area contributed by atoms with Gasteiger partial charge in [0.05, 0.1) is 8.66 Å². The fourth-order valence-corrected chi connectivity index (χ4v) is 3.25. The summed E-state index contributed by atoms with van der Waals surface area (Å²) >= 11 is 4.82. The largest absolute Gasteiger partial charge is 0.300 e. The van der Waals surface area contributed by atoms with Crippen LogP contribution in [0.5, 0.6) is 0 Å². The van der Waals surface area contributed by atoms with Gasteiger partial charge in [-0.25, -0.2) is 0 Å². The lowest BCUT2D eigenvalue weighted by Crippen LogP contribution is -2.21. The van der Waals surface area contributed by atoms with E-state index in [0.717, 1.165) is 21.5 Å². The van der Waals surface area contributed by atoms with E-state index in [1.165, 1.54) is 11.3 Å². The van der Waals surface area contributed by atoms with Crippen molar-refractivity contribution < 1.29 is 9.59 Å². The predicted molar refractivity (Wildman–Crippen MR) is 63.3 cm³/mol. The highest BCUT2D eigenvalue weighted by molar-refractivity contribution is 9.11. The predicted octanol–water partition coefficient (Wildman–Crippen LogP) is 3.45. The maximum Gasteiger partial charge on any atom is 0.175 e. The third-order valence-electron chi connectivity index (χ3n) is 2.73. The first-order valence-electron chi connectivity index (χ1n) is 4.98. The van der Waals surface area contributed by atoms with Crippen LogP contribution in [0.15, 0.2) is 15.9 Å². The van der Waals surface area contributed by atoms with Crippen LogP contribution in [0.3, 0.4) is 0 Å². The third-order valence-corrected chi connectivity index (χ3v) is 4.37. The molecule has 0 N–H and O–H groups in total. The van der Waals surface area contributed by atoms with Crippen molar-refractivity contribution in [3.05, 3.63) is 20.8 Å². The molecule has 0 atom stereocenters. The molecule has 0 bridgehead atoms. The molecule has 2 nitrogen and oxygen atoms in total. The van der Waals surface area contributed by atoms with E-state index in [0.29, 0.717) is 18.6 Å². The van der Waals surface area contributed by atoms with E-state index in [1.54, 1.807) is 0 Å². The maximum absolute atomic E-state index is 12.0. The number of hydrogen-bond donors (Lipinski definition) is 0. The summed E-state index contributed by atoms with van der Waals surface area (Å²) in [5, 5.41) is 0. The zero-order valence-electron chi connectivity index (χ0n) is 8.16. The summed E-state index contributed by atoms with van der Waals surface area (Å²) in [6.45, 7) is 0. The van der Waals surface area contributed by atoms with Gasteiger partial charge in [-0.3, -0.25) is 9.59 Å². The number of carbonyl (C=O) groups is 2. The van der Waals surface area contributed by atoms with E-state index in [-0.39, 0.29) is 11.7 Å². The lowest BCUT2D eigenvalue weighted by Gasteiger charge is -2.18. The molecule has 1 aliphatic rings. The molecule has 0 spiro atoms. The average molecular weight is 287 g/mol. The maximum atomic E-state index is 12.0. The summed E-state index contributed by atoms with van der Waals surface area (Å²) in [6.07, 6.45) is 2.60. The first kappa shape index (κ1) is 11.0. The Morgan fingerprint density at radius 1 is 1.33 bits per heavy atom. The van der Waals surface area contributed by atoms with Gasteiger partial charge in [-0.15, -0.1) is 11.3 Å². The first-order valence-corrected chi connectivity index (χ1v) is 6.59. The quantitative estimate of drug-likeness (QED) is 0.781. The molecule has 1 aliphatic carbocycles. The second kappa shape index (κ2) is 4.58. The molecule has 4 heteroatoms. The minimum absolute atomic E-state index is 0.0632. The Morgan fingerprint density at radius 3 is 2.53 bits per heavy atom. The Hall–Kier alpha value is -0.480. The topological polar surface area (TPSA) is 34.1 Å². The van der Waals surface area contributed by atoms with E-state index < -0.39 is 0 Å². The summed E-state index contributed by atoms with van der Waals surface area (Å²) in [5.41, 5.74) is 0. The van der Waals surface area contributed by atoms with Gasteiger partial charge in [0.2, 0.25) is 0 Å². The summed E-state index contributed by atoms with van der Waals surface area (Å²) in [5.74, 6) is 0.567. The highest BCUT2D eigenvalue weighted by Crippen LogP contribution is 2.29. The summed E-state index contributed by atoms with van der Waals surface area (Å²) < 4.78 is 0.984. The molecule has 1 saturated carbocycles. The number of Topliss-reactive ketones (excluding diaryl/α,β-unsaturated/α-hetero) is 2. The molecule has 0 aromatic carbocycles. The number of rotatable bonds is 2. The summed E-state index contributed by atoms with van der Waals surface area (Å²) in [6, 6.07) is 3.75. The number of thiophene rings is 1. The lowest BCUT2D eigenvalue weighted by atomic mass is 9.85. The fourth-order valence-electron chi connectivity index (χ4n) is 1.85. The van der Waals surface area contributed by atoms with Gasteiger partial charge < -0.3 is 0 Å². The molecular formula is C11H11BrO2S. The molecule has 80 valence electrons. The highest BCUT2D eigenvalue weighted by Gasteiger charge is 2.26. The molecule has 0 amide bonds. The van der Waals surface area contributed by atoms with Crippen LogP contribution in [0.4, 0.5) is 0 Å². The molecule has 0 radical (unpaired) electrons. The second-order valence-corrected chi connectivity index (χ2v) is 6.24. The van der Waals surface area contributed by atoms with Crippen LogP contribution in [0.1, 0.15) is 35.4 Å². The van der Waals surface area contributed by atoms with Crippen molar-refractivity contribution in [1.29, 1.82) is 0 Å². The minimum Gasteiger partial charge on any atom is -0.300 e. The second-order valence-electron chi connectivity index (χ2n) is 3.78. The van der Waals surface area contributed by atoms with Gasteiger partial charge in [0, 0.05) is 18.8 Å². The fraction of sp³-hybridized carbons (Fsp3) is 0.455. The highest BCUT2D eigenvalue weighted by atomic mass is 79.9.